The molecule has 0 aliphatic carbocycles. The molecule has 0 aromatic heterocycles. The van der Waals surface area contributed by atoms with Crippen LogP contribution in [0, 0.1) is 0 Å². The van der Waals surface area contributed by atoms with Crippen LogP contribution >= 0.6 is 11.8 Å². The topological polar surface area (TPSA) is 44.5 Å². The predicted molar refractivity (Wildman–Crippen MR) is 67.3 cm³/mol. The SMILES string of the molecule is COc1ccc(OC)c2c1CSCCC2N. The van der Waals surface area contributed by atoms with Gasteiger partial charge in [-0.3, -0.25) is 0 Å². The van der Waals surface area contributed by atoms with E-state index in [2.05, 4.69) is 0 Å². The summed E-state index contributed by atoms with van der Waals surface area (Å²) >= 11 is 1.90. The van der Waals surface area contributed by atoms with Gasteiger partial charge in [-0.1, -0.05) is 0 Å². The van der Waals surface area contributed by atoms with Gasteiger partial charge in [0.2, 0.25) is 0 Å². The minimum absolute atomic E-state index is 0.0510. The van der Waals surface area contributed by atoms with Crippen LogP contribution in [-0.4, -0.2) is 20.0 Å². The molecule has 1 heterocycles. The van der Waals surface area contributed by atoms with Crippen LogP contribution in [0.1, 0.15) is 23.6 Å². The molecule has 0 radical (unpaired) electrons. The Hall–Kier alpha value is -0.870. The van der Waals surface area contributed by atoms with Gasteiger partial charge in [0, 0.05) is 22.9 Å². The minimum atomic E-state index is 0.0510. The van der Waals surface area contributed by atoms with Crippen molar-refractivity contribution < 1.29 is 9.47 Å². The lowest BCUT2D eigenvalue weighted by Gasteiger charge is -2.18. The molecule has 2 rings (SSSR count). The van der Waals surface area contributed by atoms with E-state index in [4.69, 9.17) is 15.2 Å². The van der Waals surface area contributed by atoms with Gasteiger partial charge in [0.25, 0.3) is 0 Å². The van der Waals surface area contributed by atoms with Gasteiger partial charge >= 0.3 is 0 Å². The Kier molecular flexibility index (Phi) is 3.61. The molecule has 0 saturated carbocycles. The van der Waals surface area contributed by atoms with Crippen LogP contribution in [0.5, 0.6) is 11.5 Å². The largest absolute Gasteiger partial charge is 0.496 e. The molecule has 1 aliphatic rings. The second-order valence-corrected chi connectivity index (χ2v) is 4.92. The predicted octanol–water partition coefficient (Wildman–Crippen LogP) is 2.34. The van der Waals surface area contributed by atoms with Crippen LogP contribution in [0.3, 0.4) is 0 Å². The summed E-state index contributed by atoms with van der Waals surface area (Å²) in [5, 5.41) is 0. The van der Waals surface area contributed by atoms with Crippen LogP contribution in [0.4, 0.5) is 0 Å². The maximum Gasteiger partial charge on any atom is 0.124 e. The maximum absolute atomic E-state index is 6.20. The molecule has 0 saturated heterocycles. The van der Waals surface area contributed by atoms with Gasteiger partial charge in [-0.15, -0.1) is 0 Å². The lowest BCUT2D eigenvalue weighted by Crippen LogP contribution is -2.13. The van der Waals surface area contributed by atoms with E-state index in [-0.39, 0.29) is 6.04 Å². The van der Waals surface area contributed by atoms with E-state index >= 15 is 0 Å². The molecule has 0 amide bonds. The Labute approximate surface area is 100 Å². The molecule has 1 aliphatic heterocycles. The Balaban J connectivity index is 2.56. The Morgan fingerprint density at radius 2 is 1.94 bits per heavy atom. The van der Waals surface area contributed by atoms with Crippen molar-refractivity contribution in [1.82, 2.24) is 0 Å². The first-order valence-electron chi connectivity index (χ1n) is 5.35. The molecular weight excluding hydrogens is 222 g/mol. The summed E-state index contributed by atoms with van der Waals surface area (Å²) < 4.78 is 10.8. The van der Waals surface area contributed by atoms with Gasteiger partial charge in [0.1, 0.15) is 11.5 Å². The van der Waals surface area contributed by atoms with Crippen molar-refractivity contribution >= 4 is 11.8 Å². The Morgan fingerprint density at radius 1 is 1.25 bits per heavy atom. The number of rotatable bonds is 2. The first kappa shape index (κ1) is 11.6. The van der Waals surface area contributed by atoms with Crippen LogP contribution in [0.15, 0.2) is 12.1 Å². The molecule has 1 aromatic rings. The molecule has 3 nitrogen and oxygen atoms in total. The molecule has 0 bridgehead atoms. The van der Waals surface area contributed by atoms with E-state index < -0.39 is 0 Å². The van der Waals surface area contributed by atoms with Crippen molar-refractivity contribution in [2.24, 2.45) is 5.73 Å². The van der Waals surface area contributed by atoms with Gasteiger partial charge < -0.3 is 15.2 Å². The van der Waals surface area contributed by atoms with E-state index in [1.165, 1.54) is 5.56 Å². The van der Waals surface area contributed by atoms with Crippen molar-refractivity contribution in [3.8, 4) is 11.5 Å². The number of methoxy groups -OCH3 is 2. The van der Waals surface area contributed by atoms with Gasteiger partial charge in [0.15, 0.2) is 0 Å². The summed E-state index contributed by atoms with van der Waals surface area (Å²) in [4.78, 5) is 0. The van der Waals surface area contributed by atoms with Crippen LogP contribution < -0.4 is 15.2 Å². The average molecular weight is 239 g/mol. The first-order chi connectivity index (χ1) is 7.77. The molecule has 16 heavy (non-hydrogen) atoms. The molecule has 0 fully saturated rings. The standard InChI is InChI=1S/C12H17NO2S/c1-14-10-3-4-11(15-2)12-8(10)7-16-6-5-9(12)13/h3-4,9H,5-7,13H2,1-2H3. The molecule has 88 valence electrons. The zero-order valence-corrected chi connectivity index (χ0v) is 10.5. The van der Waals surface area contributed by atoms with Gasteiger partial charge in [-0.25, -0.2) is 0 Å². The highest BCUT2D eigenvalue weighted by atomic mass is 32.2. The van der Waals surface area contributed by atoms with Gasteiger partial charge in [-0.05, 0) is 24.3 Å². The third-order valence-electron chi connectivity index (χ3n) is 2.90. The number of nitrogens with two attached hydrogens (primary N) is 1. The number of benzene rings is 1. The summed E-state index contributed by atoms with van der Waals surface area (Å²) in [7, 11) is 3.38. The Morgan fingerprint density at radius 3 is 2.62 bits per heavy atom. The third kappa shape index (κ3) is 1.99. The second-order valence-electron chi connectivity index (χ2n) is 3.81. The third-order valence-corrected chi connectivity index (χ3v) is 3.92. The Bertz CT molecular complexity index is 382. The number of hydrogen-bond donors (Lipinski definition) is 1. The van der Waals surface area contributed by atoms with Crippen LogP contribution in [0.25, 0.3) is 0 Å². The van der Waals surface area contributed by atoms with E-state index in [1.807, 2.05) is 23.9 Å². The van der Waals surface area contributed by atoms with E-state index in [0.29, 0.717) is 0 Å². The molecule has 2 N–H and O–H groups in total. The zero-order chi connectivity index (χ0) is 11.5. The number of fused-ring (bicyclic) bond motifs is 1. The molecular formula is C12H17NO2S. The maximum atomic E-state index is 6.20. The molecule has 1 aromatic carbocycles. The highest BCUT2D eigenvalue weighted by Gasteiger charge is 2.22. The van der Waals surface area contributed by atoms with E-state index in [1.54, 1.807) is 14.2 Å². The second kappa shape index (κ2) is 4.97. The normalized spacial score (nSPS) is 19.8. The molecule has 1 unspecified atom stereocenters. The average Bonchev–Trinajstić information content (AvgIpc) is 2.51. The fourth-order valence-electron chi connectivity index (χ4n) is 2.08. The van der Waals surface area contributed by atoms with Gasteiger partial charge in [0.05, 0.1) is 14.2 Å². The summed E-state index contributed by atoms with van der Waals surface area (Å²) in [5.74, 6) is 3.83. The summed E-state index contributed by atoms with van der Waals surface area (Å²) in [5.41, 5.74) is 8.51. The van der Waals surface area contributed by atoms with E-state index in [0.717, 1.165) is 35.0 Å². The smallest absolute Gasteiger partial charge is 0.124 e. The van der Waals surface area contributed by atoms with E-state index in [9.17, 15) is 0 Å². The highest BCUT2D eigenvalue weighted by Crippen LogP contribution is 2.40. The summed E-state index contributed by atoms with van der Waals surface area (Å²) in [6, 6.07) is 3.94. The van der Waals surface area contributed by atoms with Crippen LogP contribution in [0.2, 0.25) is 0 Å². The van der Waals surface area contributed by atoms with Crippen molar-refractivity contribution in [3.63, 3.8) is 0 Å². The molecule has 1 atom stereocenters. The van der Waals surface area contributed by atoms with Crippen molar-refractivity contribution in [2.75, 3.05) is 20.0 Å². The summed E-state index contributed by atoms with van der Waals surface area (Å²) in [6.07, 6.45) is 0.987. The summed E-state index contributed by atoms with van der Waals surface area (Å²) in [6.45, 7) is 0. The number of hydrogen-bond acceptors (Lipinski definition) is 4. The monoisotopic (exact) mass is 239 g/mol. The van der Waals surface area contributed by atoms with Crippen LogP contribution in [-0.2, 0) is 5.75 Å². The quantitative estimate of drug-likeness (QED) is 0.860. The van der Waals surface area contributed by atoms with Crippen molar-refractivity contribution in [3.05, 3.63) is 23.3 Å². The minimum Gasteiger partial charge on any atom is -0.496 e. The molecule has 4 heteroatoms. The lowest BCUT2D eigenvalue weighted by atomic mass is 9.98. The zero-order valence-electron chi connectivity index (χ0n) is 9.66. The number of thioether (sulfide) groups is 1. The lowest BCUT2D eigenvalue weighted by molar-refractivity contribution is 0.392. The highest BCUT2D eigenvalue weighted by molar-refractivity contribution is 7.98. The van der Waals surface area contributed by atoms with Crippen molar-refractivity contribution in [2.45, 2.75) is 18.2 Å². The van der Waals surface area contributed by atoms with Gasteiger partial charge in [-0.2, -0.15) is 11.8 Å². The first-order valence-corrected chi connectivity index (χ1v) is 6.50. The fraction of sp³-hybridized carbons (Fsp3) is 0.500. The fourth-order valence-corrected chi connectivity index (χ4v) is 3.14. The van der Waals surface area contributed by atoms with Crippen molar-refractivity contribution in [1.29, 1.82) is 0 Å². The molecule has 0 spiro atoms. The number of ether oxygens (including phenoxy) is 2.